The maximum absolute atomic E-state index is 12.0. The van der Waals surface area contributed by atoms with Gasteiger partial charge < -0.3 is 14.8 Å². The lowest BCUT2D eigenvalue weighted by molar-refractivity contribution is -0.130. The van der Waals surface area contributed by atoms with Gasteiger partial charge >= 0.3 is 0 Å². The van der Waals surface area contributed by atoms with Crippen LogP contribution in [-0.2, 0) is 14.4 Å². The largest absolute Gasteiger partial charge is 0.493 e. The number of ether oxygens (including phenoxy) is 2. The van der Waals surface area contributed by atoms with Crippen molar-refractivity contribution in [1.82, 2.24) is 10.9 Å². The van der Waals surface area contributed by atoms with Crippen molar-refractivity contribution >= 4 is 23.4 Å². The van der Waals surface area contributed by atoms with Crippen molar-refractivity contribution < 1.29 is 23.9 Å². The summed E-state index contributed by atoms with van der Waals surface area (Å²) in [6.07, 6.45) is -0.0723. The van der Waals surface area contributed by atoms with E-state index in [-0.39, 0.29) is 25.4 Å². The van der Waals surface area contributed by atoms with Gasteiger partial charge in [0.25, 0.3) is 5.91 Å². The van der Waals surface area contributed by atoms with Crippen LogP contribution >= 0.6 is 0 Å². The van der Waals surface area contributed by atoms with Gasteiger partial charge in [0.05, 0.1) is 7.11 Å². The number of methoxy groups -OCH3 is 1. The molecule has 0 aromatic heterocycles. The van der Waals surface area contributed by atoms with Crippen LogP contribution in [0.25, 0.3) is 0 Å². The number of nitrogens with one attached hydrogen (secondary N) is 3. The minimum absolute atomic E-state index is 0.00714. The van der Waals surface area contributed by atoms with Gasteiger partial charge in [-0.05, 0) is 43.2 Å². The van der Waals surface area contributed by atoms with E-state index in [1.807, 2.05) is 32.0 Å². The molecule has 0 aliphatic carbocycles. The summed E-state index contributed by atoms with van der Waals surface area (Å²) in [5.74, 6) is -0.380. The molecule has 3 N–H and O–H groups in total. The van der Waals surface area contributed by atoms with Gasteiger partial charge in [-0.3, -0.25) is 25.2 Å². The summed E-state index contributed by atoms with van der Waals surface area (Å²) >= 11 is 0. The molecule has 0 saturated carbocycles. The van der Waals surface area contributed by atoms with Crippen LogP contribution in [0.15, 0.2) is 42.5 Å². The van der Waals surface area contributed by atoms with Crippen LogP contribution in [0.4, 0.5) is 5.69 Å². The van der Waals surface area contributed by atoms with Gasteiger partial charge in [0.1, 0.15) is 0 Å². The third-order valence-corrected chi connectivity index (χ3v) is 4.02. The van der Waals surface area contributed by atoms with Gasteiger partial charge in [-0.1, -0.05) is 24.3 Å². The minimum Gasteiger partial charge on any atom is -0.493 e. The number of benzene rings is 2. The van der Waals surface area contributed by atoms with Gasteiger partial charge in [0, 0.05) is 18.5 Å². The highest BCUT2D eigenvalue weighted by molar-refractivity contribution is 5.94. The van der Waals surface area contributed by atoms with E-state index in [1.54, 1.807) is 24.3 Å². The summed E-state index contributed by atoms with van der Waals surface area (Å²) in [6.45, 7) is 3.53. The Morgan fingerprint density at radius 3 is 2.24 bits per heavy atom. The zero-order chi connectivity index (χ0) is 21.2. The van der Waals surface area contributed by atoms with Gasteiger partial charge in [-0.25, -0.2) is 0 Å². The fourth-order valence-electron chi connectivity index (χ4n) is 2.43. The van der Waals surface area contributed by atoms with E-state index in [2.05, 4.69) is 16.2 Å². The van der Waals surface area contributed by atoms with E-state index in [1.165, 1.54) is 7.11 Å². The molecule has 0 radical (unpaired) electrons. The van der Waals surface area contributed by atoms with Crippen molar-refractivity contribution in [2.45, 2.75) is 26.7 Å². The molecular weight excluding hydrogens is 374 g/mol. The molecule has 8 nitrogen and oxygen atoms in total. The molecule has 0 atom stereocenters. The number of aryl methyl sites for hydroxylation is 2. The summed E-state index contributed by atoms with van der Waals surface area (Å²) in [5.41, 5.74) is 7.19. The van der Waals surface area contributed by atoms with E-state index in [0.717, 1.165) is 16.8 Å². The number of carbonyl (C=O) groups excluding carboxylic acids is 3. The standard InChI is InChI=1S/C21H25N3O5/c1-14-8-9-15(2)16(12-14)22-19(25)10-11-20(26)23-24-21(27)13-29-18-7-5-4-6-17(18)28-3/h4-9,12H,10-11,13H2,1-3H3,(H,22,25)(H,23,26)(H,24,27). The maximum atomic E-state index is 12.0. The number of hydrazine groups is 1. The third-order valence-electron chi connectivity index (χ3n) is 4.02. The summed E-state index contributed by atoms with van der Waals surface area (Å²) < 4.78 is 10.5. The quantitative estimate of drug-likeness (QED) is 0.591. The zero-order valence-corrected chi connectivity index (χ0v) is 16.7. The van der Waals surface area contributed by atoms with Crippen LogP contribution in [-0.4, -0.2) is 31.4 Å². The average molecular weight is 399 g/mol. The molecule has 29 heavy (non-hydrogen) atoms. The van der Waals surface area contributed by atoms with Crippen molar-refractivity contribution in [2.75, 3.05) is 19.0 Å². The minimum atomic E-state index is -0.538. The number of hydrogen-bond donors (Lipinski definition) is 3. The van der Waals surface area contributed by atoms with Crippen LogP contribution in [0, 0.1) is 13.8 Å². The first-order valence-electron chi connectivity index (χ1n) is 9.09. The predicted octanol–water partition coefficient (Wildman–Crippen LogP) is 2.26. The molecule has 154 valence electrons. The molecule has 8 heteroatoms. The predicted molar refractivity (Wildman–Crippen MR) is 109 cm³/mol. The smallest absolute Gasteiger partial charge is 0.276 e. The molecule has 0 unspecified atom stereocenters. The Morgan fingerprint density at radius 2 is 1.52 bits per heavy atom. The first kappa shape index (κ1) is 21.7. The SMILES string of the molecule is COc1ccccc1OCC(=O)NNC(=O)CCC(=O)Nc1cc(C)ccc1C. The molecular formula is C21H25N3O5. The Hall–Kier alpha value is -3.55. The second kappa shape index (κ2) is 10.7. The highest BCUT2D eigenvalue weighted by Crippen LogP contribution is 2.25. The number of carbonyl (C=O) groups is 3. The van der Waals surface area contributed by atoms with Gasteiger partial charge in [0.15, 0.2) is 18.1 Å². The molecule has 0 aliphatic heterocycles. The summed E-state index contributed by atoms with van der Waals surface area (Å²) in [5, 5.41) is 2.78. The van der Waals surface area contributed by atoms with Gasteiger partial charge in [-0.2, -0.15) is 0 Å². The number of anilines is 1. The number of rotatable bonds is 8. The number of hydrogen-bond acceptors (Lipinski definition) is 5. The summed E-state index contributed by atoms with van der Waals surface area (Å²) in [7, 11) is 1.50. The highest BCUT2D eigenvalue weighted by atomic mass is 16.5. The highest BCUT2D eigenvalue weighted by Gasteiger charge is 2.11. The monoisotopic (exact) mass is 399 g/mol. The van der Waals surface area contributed by atoms with Gasteiger partial charge in [-0.15, -0.1) is 0 Å². The third kappa shape index (κ3) is 7.17. The maximum Gasteiger partial charge on any atom is 0.276 e. The van der Waals surface area contributed by atoms with Crippen molar-refractivity contribution in [1.29, 1.82) is 0 Å². The molecule has 2 rings (SSSR count). The Labute approximate surface area is 169 Å². The van der Waals surface area contributed by atoms with E-state index in [4.69, 9.17) is 9.47 Å². The van der Waals surface area contributed by atoms with Crippen LogP contribution in [0.3, 0.4) is 0 Å². The zero-order valence-electron chi connectivity index (χ0n) is 16.7. The molecule has 2 aromatic carbocycles. The Balaban J connectivity index is 1.69. The first-order valence-corrected chi connectivity index (χ1v) is 9.09. The Kier molecular flexibility index (Phi) is 8.02. The van der Waals surface area contributed by atoms with Crippen LogP contribution in [0.1, 0.15) is 24.0 Å². The second-order valence-electron chi connectivity index (χ2n) is 6.40. The van der Waals surface area contributed by atoms with E-state index in [9.17, 15) is 14.4 Å². The first-order chi connectivity index (χ1) is 13.9. The number of amides is 3. The fraction of sp³-hybridized carbons (Fsp3) is 0.286. The Bertz CT molecular complexity index is 882. The second-order valence-corrected chi connectivity index (χ2v) is 6.40. The lowest BCUT2D eigenvalue weighted by Crippen LogP contribution is -2.44. The summed E-state index contributed by atoms with van der Waals surface area (Å²) in [6, 6.07) is 12.6. The van der Waals surface area contributed by atoms with Gasteiger partial charge in [0.2, 0.25) is 11.8 Å². The molecule has 0 saturated heterocycles. The fourth-order valence-corrected chi connectivity index (χ4v) is 2.43. The van der Waals surface area contributed by atoms with Crippen molar-refractivity contribution in [3.8, 4) is 11.5 Å². The topological polar surface area (TPSA) is 106 Å². The lowest BCUT2D eigenvalue weighted by Gasteiger charge is -2.11. The molecule has 0 fully saturated rings. The normalized spacial score (nSPS) is 10.0. The average Bonchev–Trinajstić information content (AvgIpc) is 2.72. The molecule has 0 heterocycles. The molecule has 2 aromatic rings. The van der Waals surface area contributed by atoms with Crippen molar-refractivity contribution in [3.63, 3.8) is 0 Å². The lowest BCUT2D eigenvalue weighted by atomic mass is 10.1. The molecule has 0 aliphatic rings. The van der Waals surface area contributed by atoms with E-state index < -0.39 is 11.8 Å². The van der Waals surface area contributed by atoms with Crippen LogP contribution in [0.2, 0.25) is 0 Å². The molecule has 3 amide bonds. The van der Waals surface area contributed by atoms with E-state index in [0.29, 0.717) is 11.5 Å². The number of para-hydroxylation sites is 2. The van der Waals surface area contributed by atoms with Crippen molar-refractivity contribution in [2.24, 2.45) is 0 Å². The Morgan fingerprint density at radius 1 is 0.862 bits per heavy atom. The molecule has 0 spiro atoms. The van der Waals surface area contributed by atoms with Crippen LogP contribution < -0.4 is 25.6 Å². The van der Waals surface area contributed by atoms with Crippen LogP contribution in [0.5, 0.6) is 11.5 Å². The van der Waals surface area contributed by atoms with Crippen molar-refractivity contribution in [3.05, 3.63) is 53.6 Å². The summed E-state index contributed by atoms with van der Waals surface area (Å²) in [4.78, 5) is 35.7. The molecule has 0 bridgehead atoms. The van der Waals surface area contributed by atoms with E-state index >= 15 is 0 Å².